The van der Waals surface area contributed by atoms with Gasteiger partial charge in [-0.15, -0.1) is 0 Å². The van der Waals surface area contributed by atoms with Crippen molar-refractivity contribution in [3.63, 3.8) is 0 Å². The molecule has 2 heterocycles. The number of aliphatic hydroxyl groups is 1. The average molecular weight is 404 g/mol. The third-order valence-corrected chi connectivity index (χ3v) is 4.79. The maximum absolute atomic E-state index is 13.7. The maximum atomic E-state index is 13.7. The van der Waals surface area contributed by atoms with Crippen LogP contribution >= 0.6 is 11.6 Å². The zero-order valence-corrected chi connectivity index (χ0v) is 15.0. The van der Waals surface area contributed by atoms with Gasteiger partial charge in [0.05, 0.1) is 16.7 Å². The van der Waals surface area contributed by atoms with Crippen molar-refractivity contribution in [2.24, 2.45) is 0 Å². The molecule has 4 nitrogen and oxygen atoms in total. The summed E-state index contributed by atoms with van der Waals surface area (Å²) in [7, 11) is 0. The summed E-state index contributed by atoms with van der Waals surface area (Å²) in [5.41, 5.74) is -0.643. The van der Waals surface area contributed by atoms with Crippen molar-refractivity contribution >= 4 is 17.4 Å². The topological polar surface area (TPSA) is 39.6 Å². The van der Waals surface area contributed by atoms with Gasteiger partial charge in [-0.1, -0.05) is 29.8 Å². The lowest BCUT2D eigenvalue weighted by Gasteiger charge is -2.36. The summed E-state index contributed by atoms with van der Waals surface area (Å²) in [6.07, 6.45) is -4.67. The van der Waals surface area contributed by atoms with Gasteiger partial charge in [0.2, 0.25) is 0 Å². The molecule has 0 aliphatic carbocycles. The normalized spacial score (nSPS) is 17.2. The Balaban J connectivity index is 1.60. The first kappa shape index (κ1) is 19.9. The quantitative estimate of drug-likeness (QED) is 0.789. The van der Waals surface area contributed by atoms with Crippen LogP contribution in [0, 0.1) is 5.82 Å². The van der Waals surface area contributed by atoms with Gasteiger partial charge in [0, 0.05) is 44.5 Å². The highest BCUT2D eigenvalue weighted by Gasteiger charge is 2.32. The van der Waals surface area contributed by atoms with E-state index in [1.807, 2.05) is 4.90 Å². The Morgan fingerprint density at radius 3 is 2.41 bits per heavy atom. The summed E-state index contributed by atoms with van der Waals surface area (Å²) >= 11 is 5.99. The summed E-state index contributed by atoms with van der Waals surface area (Å²) in [6, 6.07) is 6.94. The van der Waals surface area contributed by atoms with Crippen molar-refractivity contribution in [2.75, 3.05) is 37.6 Å². The maximum Gasteiger partial charge on any atom is 0.417 e. The Labute approximate surface area is 159 Å². The van der Waals surface area contributed by atoms with Crippen LogP contribution in [0.3, 0.4) is 0 Å². The lowest BCUT2D eigenvalue weighted by molar-refractivity contribution is -0.137. The van der Waals surface area contributed by atoms with E-state index in [1.165, 1.54) is 6.07 Å². The van der Waals surface area contributed by atoms with E-state index in [0.29, 0.717) is 32.0 Å². The predicted octanol–water partition coefficient (Wildman–Crippen LogP) is 3.75. The molecule has 146 valence electrons. The van der Waals surface area contributed by atoms with E-state index in [9.17, 15) is 22.7 Å². The van der Waals surface area contributed by atoms with Crippen LogP contribution in [0.15, 0.2) is 36.5 Å². The Bertz CT molecular complexity index is 794. The molecule has 1 aromatic carbocycles. The highest BCUT2D eigenvalue weighted by Crippen LogP contribution is 2.33. The van der Waals surface area contributed by atoms with Gasteiger partial charge >= 0.3 is 6.18 Å². The minimum Gasteiger partial charge on any atom is -0.387 e. The summed E-state index contributed by atoms with van der Waals surface area (Å²) in [5, 5.41) is 10.2. The van der Waals surface area contributed by atoms with E-state index in [1.54, 1.807) is 23.1 Å². The molecule has 0 saturated carbocycles. The van der Waals surface area contributed by atoms with Crippen LogP contribution in [0.1, 0.15) is 17.2 Å². The third kappa shape index (κ3) is 4.69. The molecule has 1 N–H and O–H groups in total. The molecule has 27 heavy (non-hydrogen) atoms. The third-order valence-electron chi connectivity index (χ3n) is 4.52. The molecule has 1 aliphatic rings. The molecule has 0 spiro atoms. The number of aromatic nitrogens is 1. The minimum absolute atomic E-state index is 0.0512. The SMILES string of the molecule is O[C@H](CN1CCN(c2ncc(C(F)(F)F)cc2Cl)CC1)c1ccccc1F. The van der Waals surface area contributed by atoms with Crippen LogP contribution in [-0.4, -0.2) is 47.7 Å². The van der Waals surface area contributed by atoms with E-state index in [4.69, 9.17) is 11.6 Å². The highest BCUT2D eigenvalue weighted by atomic mass is 35.5. The molecular formula is C18H18ClF4N3O. The summed E-state index contributed by atoms with van der Waals surface area (Å²) < 4.78 is 51.9. The Morgan fingerprint density at radius 2 is 1.81 bits per heavy atom. The molecule has 1 saturated heterocycles. The highest BCUT2D eigenvalue weighted by molar-refractivity contribution is 6.33. The van der Waals surface area contributed by atoms with Crippen LogP contribution in [0.2, 0.25) is 5.02 Å². The summed E-state index contributed by atoms with van der Waals surface area (Å²) in [4.78, 5) is 7.63. The van der Waals surface area contributed by atoms with Crippen molar-refractivity contribution in [2.45, 2.75) is 12.3 Å². The average Bonchev–Trinajstić information content (AvgIpc) is 2.62. The van der Waals surface area contributed by atoms with Gasteiger partial charge < -0.3 is 10.0 Å². The summed E-state index contributed by atoms with van der Waals surface area (Å²) in [6.45, 7) is 2.34. The van der Waals surface area contributed by atoms with E-state index < -0.39 is 23.7 Å². The van der Waals surface area contributed by atoms with Crippen LogP contribution in [0.4, 0.5) is 23.4 Å². The molecule has 2 aromatic rings. The number of hydrogen-bond donors (Lipinski definition) is 1. The van der Waals surface area contributed by atoms with Crippen LogP contribution < -0.4 is 4.90 Å². The van der Waals surface area contributed by atoms with Gasteiger partial charge in [-0.25, -0.2) is 9.37 Å². The van der Waals surface area contributed by atoms with E-state index in [-0.39, 0.29) is 17.1 Å². The smallest absolute Gasteiger partial charge is 0.387 e. The molecule has 0 amide bonds. The van der Waals surface area contributed by atoms with E-state index in [0.717, 1.165) is 12.3 Å². The fourth-order valence-corrected chi connectivity index (χ4v) is 3.33. The monoisotopic (exact) mass is 403 g/mol. The molecule has 0 radical (unpaired) electrons. The number of nitrogens with zero attached hydrogens (tertiary/aromatic N) is 3. The van der Waals surface area contributed by atoms with Crippen molar-refractivity contribution < 1.29 is 22.7 Å². The molecule has 1 atom stereocenters. The van der Waals surface area contributed by atoms with E-state index in [2.05, 4.69) is 4.98 Å². The van der Waals surface area contributed by atoms with E-state index >= 15 is 0 Å². The predicted molar refractivity (Wildman–Crippen MR) is 94.3 cm³/mol. The Morgan fingerprint density at radius 1 is 1.15 bits per heavy atom. The molecular weight excluding hydrogens is 386 g/mol. The number of rotatable bonds is 4. The Kier molecular flexibility index (Phi) is 5.88. The van der Waals surface area contributed by atoms with Gasteiger partial charge in [-0.2, -0.15) is 13.2 Å². The lowest BCUT2D eigenvalue weighted by Crippen LogP contribution is -2.48. The minimum atomic E-state index is -4.49. The number of pyridine rings is 1. The van der Waals surface area contributed by atoms with Crippen LogP contribution in [0.5, 0.6) is 0 Å². The molecule has 1 aliphatic heterocycles. The van der Waals surface area contributed by atoms with Gasteiger partial charge in [0.25, 0.3) is 0 Å². The van der Waals surface area contributed by atoms with Gasteiger partial charge in [0.15, 0.2) is 0 Å². The number of hydrogen-bond acceptors (Lipinski definition) is 4. The largest absolute Gasteiger partial charge is 0.417 e. The number of halogens is 5. The number of alkyl halides is 3. The first-order chi connectivity index (χ1) is 12.8. The molecule has 0 unspecified atom stereocenters. The Hall–Kier alpha value is -1.90. The number of piperazine rings is 1. The van der Waals surface area contributed by atoms with Crippen molar-refractivity contribution in [3.05, 3.63) is 58.5 Å². The second-order valence-corrected chi connectivity index (χ2v) is 6.76. The molecule has 0 bridgehead atoms. The van der Waals surface area contributed by atoms with Crippen molar-refractivity contribution in [1.29, 1.82) is 0 Å². The standard InChI is InChI=1S/C18H18ClF4N3O/c19-14-9-12(18(21,22)23)10-24-17(14)26-7-5-25(6-8-26)11-16(27)13-3-1-2-4-15(13)20/h1-4,9-10,16,27H,5-8,11H2/t16-/m1/s1. The fourth-order valence-electron chi connectivity index (χ4n) is 3.05. The molecule has 1 fully saturated rings. The number of β-amino-alcohol motifs (C(OH)–C–C–N with tert-alkyl or cyclic N) is 1. The first-order valence-corrected chi connectivity index (χ1v) is 8.76. The van der Waals surface area contributed by atoms with Crippen LogP contribution in [0.25, 0.3) is 0 Å². The fraction of sp³-hybridized carbons (Fsp3) is 0.389. The summed E-state index contributed by atoms with van der Waals surface area (Å²) in [5.74, 6) is -0.150. The molecule has 9 heteroatoms. The zero-order chi connectivity index (χ0) is 19.6. The molecule has 1 aromatic heterocycles. The van der Waals surface area contributed by atoms with Gasteiger partial charge in [-0.05, 0) is 12.1 Å². The number of benzene rings is 1. The second-order valence-electron chi connectivity index (χ2n) is 6.35. The first-order valence-electron chi connectivity index (χ1n) is 8.38. The van der Waals surface area contributed by atoms with Crippen molar-refractivity contribution in [1.82, 2.24) is 9.88 Å². The number of anilines is 1. The lowest BCUT2D eigenvalue weighted by atomic mass is 10.1. The van der Waals surface area contributed by atoms with Crippen molar-refractivity contribution in [3.8, 4) is 0 Å². The second kappa shape index (κ2) is 8.00. The van der Waals surface area contributed by atoms with Gasteiger partial charge in [-0.3, -0.25) is 4.90 Å². The number of aliphatic hydroxyl groups excluding tert-OH is 1. The van der Waals surface area contributed by atoms with Gasteiger partial charge in [0.1, 0.15) is 11.6 Å². The zero-order valence-electron chi connectivity index (χ0n) is 14.3. The van der Waals surface area contributed by atoms with Crippen LogP contribution in [-0.2, 0) is 6.18 Å². The molecule has 3 rings (SSSR count).